The van der Waals surface area contributed by atoms with E-state index in [2.05, 4.69) is 5.32 Å². The molecule has 0 aromatic carbocycles. The predicted octanol–water partition coefficient (Wildman–Crippen LogP) is -2.53. The van der Waals surface area contributed by atoms with Gasteiger partial charge in [0.15, 0.2) is 5.78 Å². The van der Waals surface area contributed by atoms with E-state index in [1.807, 2.05) is 0 Å². The third kappa shape index (κ3) is 4.37. The van der Waals surface area contributed by atoms with Crippen molar-refractivity contribution in [2.75, 3.05) is 6.54 Å². The minimum absolute atomic E-state index is 0.0417. The summed E-state index contributed by atoms with van der Waals surface area (Å²) < 4.78 is 0. The largest absolute Gasteiger partial charge is 0.368 e. The van der Waals surface area contributed by atoms with E-state index in [1.54, 1.807) is 13.8 Å². The van der Waals surface area contributed by atoms with Crippen LogP contribution in [0.3, 0.4) is 0 Å². The summed E-state index contributed by atoms with van der Waals surface area (Å²) in [4.78, 5) is 33.1. The summed E-state index contributed by atoms with van der Waals surface area (Å²) in [6.45, 7) is 3.21. The molecule has 0 heterocycles. The van der Waals surface area contributed by atoms with Crippen LogP contribution in [0.2, 0.25) is 0 Å². The van der Waals surface area contributed by atoms with Gasteiger partial charge >= 0.3 is 0 Å². The highest BCUT2D eigenvalue weighted by molar-refractivity contribution is 6.06. The zero-order valence-electron chi connectivity index (χ0n) is 9.40. The maximum atomic E-state index is 11.3. The van der Waals surface area contributed by atoms with Gasteiger partial charge in [-0.25, -0.2) is 0 Å². The summed E-state index contributed by atoms with van der Waals surface area (Å²) in [5.74, 6) is -2.07. The Hall–Kier alpha value is -1.47. The normalized spacial score (nSPS) is 14.3. The molecule has 0 aromatic rings. The van der Waals surface area contributed by atoms with Crippen molar-refractivity contribution in [3.8, 4) is 0 Å². The second-order valence-electron chi connectivity index (χ2n) is 3.83. The van der Waals surface area contributed by atoms with Gasteiger partial charge in [-0.05, 0) is 5.92 Å². The summed E-state index contributed by atoms with van der Waals surface area (Å²) in [7, 11) is 0. The lowest BCUT2D eigenvalue weighted by Crippen LogP contribution is -2.50. The van der Waals surface area contributed by atoms with E-state index in [0.29, 0.717) is 0 Å². The van der Waals surface area contributed by atoms with E-state index < -0.39 is 29.7 Å². The molecule has 0 aromatic heterocycles. The van der Waals surface area contributed by atoms with E-state index >= 15 is 0 Å². The van der Waals surface area contributed by atoms with Crippen molar-refractivity contribution >= 4 is 17.6 Å². The smallest absolute Gasteiger partial charge is 0.242 e. The molecule has 0 aliphatic rings. The van der Waals surface area contributed by atoms with Gasteiger partial charge in [0.25, 0.3) is 0 Å². The average molecular weight is 230 g/mol. The van der Waals surface area contributed by atoms with Gasteiger partial charge in [-0.1, -0.05) is 13.8 Å². The monoisotopic (exact) mass is 230 g/mol. The van der Waals surface area contributed by atoms with Crippen molar-refractivity contribution < 1.29 is 14.4 Å². The fraction of sp³-hybridized carbons (Fsp3) is 0.667. The minimum atomic E-state index is -1.39. The zero-order valence-corrected chi connectivity index (χ0v) is 9.40. The molecule has 16 heavy (non-hydrogen) atoms. The van der Waals surface area contributed by atoms with E-state index in [9.17, 15) is 14.4 Å². The summed E-state index contributed by atoms with van der Waals surface area (Å²) in [5, 5.41) is 2.30. The van der Waals surface area contributed by atoms with Crippen LogP contribution in [0.5, 0.6) is 0 Å². The molecular formula is C9H18N4O3. The fourth-order valence-corrected chi connectivity index (χ4v) is 0.863. The van der Waals surface area contributed by atoms with Crippen LogP contribution < -0.4 is 22.5 Å². The molecule has 0 radical (unpaired) electrons. The van der Waals surface area contributed by atoms with Crippen LogP contribution >= 0.6 is 0 Å². The third-order valence-electron chi connectivity index (χ3n) is 2.11. The molecule has 0 aliphatic carbocycles. The number of nitrogens with two attached hydrogens (primary N) is 3. The number of hydrogen-bond donors (Lipinski definition) is 4. The van der Waals surface area contributed by atoms with Gasteiger partial charge in [-0.2, -0.15) is 0 Å². The van der Waals surface area contributed by atoms with Gasteiger partial charge in [-0.3, -0.25) is 14.4 Å². The summed E-state index contributed by atoms with van der Waals surface area (Å²) in [6, 6.07) is -2.09. The van der Waals surface area contributed by atoms with Crippen molar-refractivity contribution in [1.82, 2.24) is 5.32 Å². The Kier molecular flexibility index (Phi) is 5.62. The molecule has 1 unspecified atom stereocenters. The molecule has 2 atom stereocenters. The maximum absolute atomic E-state index is 11.3. The Balaban J connectivity index is 4.12. The number of amides is 2. The number of carbonyl (C=O) groups is 3. The van der Waals surface area contributed by atoms with Crippen LogP contribution in [0.1, 0.15) is 13.8 Å². The number of nitrogens with one attached hydrogen (secondary N) is 1. The standard InChI is InChI=1S/C9H18N4O3/c1-4(2)6(10)9(16)13-3-5(14)7(11)8(12)15/h4,6-7H,3,10-11H2,1-2H3,(H2,12,15)(H,13,16)/t6-,7?/m0/s1. The molecular weight excluding hydrogens is 212 g/mol. The molecule has 0 saturated heterocycles. The van der Waals surface area contributed by atoms with E-state index in [-0.39, 0.29) is 12.5 Å². The van der Waals surface area contributed by atoms with Gasteiger partial charge in [0.1, 0.15) is 6.04 Å². The summed E-state index contributed by atoms with van der Waals surface area (Å²) in [5.41, 5.74) is 15.5. The Morgan fingerprint density at radius 3 is 2.06 bits per heavy atom. The highest BCUT2D eigenvalue weighted by Crippen LogP contribution is 1.97. The first kappa shape index (κ1) is 14.5. The zero-order chi connectivity index (χ0) is 12.9. The van der Waals surface area contributed by atoms with Crippen molar-refractivity contribution in [3.63, 3.8) is 0 Å². The number of ketones is 1. The van der Waals surface area contributed by atoms with Crippen LogP contribution in [0.15, 0.2) is 0 Å². The topological polar surface area (TPSA) is 141 Å². The lowest BCUT2D eigenvalue weighted by Gasteiger charge is -2.15. The Morgan fingerprint density at radius 2 is 1.69 bits per heavy atom. The molecule has 7 nitrogen and oxygen atoms in total. The Morgan fingerprint density at radius 1 is 1.19 bits per heavy atom. The van der Waals surface area contributed by atoms with Gasteiger partial charge in [-0.15, -0.1) is 0 Å². The van der Waals surface area contributed by atoms with E-state index in [0.717, 1.165) is 0 Å². The molecule has 0 aliphatic heterocycles. The van der Waals surface area contributed by atoms with Gasteiger partial charge in [0, 0.05) is 0 Å². The number of hydrogen-bond acceptors (Lipinski definition) is 5. The quantitative estimate of drug-likeness (QED) is 0.372. The van der Waals surface area contributed by atoms with Crippen LogP contribution in [0.4, 0.5) is 0 Å². The van der Waals surface area contributed by atoms with Crippen molar-refractivity contribution in [3.05, 3.63) is 0 Å². The molecule has 0 rings (SSSR count). The van der Waals surface area contributed by atoms with Crippen LogP contribution in [-0.4, -0.2) is 36.2 Å². The third-order valence-corrected chi connectivity index (χ3v) is 2.11. The van der Waals surface area contributed by atoms with Crippen LogP contribution in [0.25, 0.3) is 0 Å². The summed E-state index contributed by atoms with van der Waals surface area (Å²) in [6.07, 6.45) is 0. The maximum Gasteiger partial charge on any atom is 0.242 e. The first-order valence-electron chi connectivity index (χ1n) is 4.88. The molecule has 0 fully saturated rings. The average Bonchev–Trinajstić information content (AvgIpc) is 2.22. The second-order valence-corrected chi connectivity index (χ2v) is 3.83. The van der Waals surface area contributed by atoms with Crippen LogP contribution in [-0.2, 0) is 14.4 Å². The lowest BCUT2D eigenvalue weighted by molar-refractivity contribution is -0.130. The molecule has 2 amide bonds. The van der Waals surface area contributed by atoms with Gasteiger partial charge in [0.05, 0.1) is 12.6 Å². The molecule has 0 bridgehead atoms. The minimum Gasteiger partial charge on any atom is -0.368 e. The number of primary amides is 1. The molecule has 0 saturated carbocycles. The van der Waals surface area contributed by atoms with Crippen molar-refractivity contribution in [2.24, 2.45) is 23.1 Å². The SMILES string of the molecule is CC(C)[C@H](N)C(=O)NCC(=O)C(N)C(N)=O. The highest BCUT2D eigenvalue weighted by Gasteiger charge is 2.22. The summed E-state index contributed by atoms with van der Waals surface area (Å²) >= 11 is 0. The fourth-order valence-electron chi connectivity index (χ4n) is 0.863. The van der Waals surface area contributed by atoms with Gasteiger partial charge in [0.2, 0.25) is 11.8 Å². The molecule has 7 N–H and O–H groups in total. The van der Waals surface area contributed by atoms with E-state index in [4.69, 9.17) is 17.2 Å². The first-order chi connectivity index (χ1) is 7.27. The molecule has 92 valence electrons. The van der Waals surface area contributed by atoms with E-state index in [1.165, 1.54) is 0 Å². The number of Topliss-reactive ketones (excluding diaryl/α,β-unsaturated/α-hetero) is 1. The Labute approximate surface area is 93.7 Å². The van der Waals surface area contributed by atoms with Crippen molar-refractivity contribution in [1.29, 1.82) is 0 Å². The number of rotatable bonds is 6. The Bertz CT molecular complexity index is 290. The van der Waals surface area contributed by atoms with Crippen molar-refractivity contribution in [2.45, 2.75) is 25.9 Å². The highest BCUT2D eigenvalue weighted by atomic mass is 16.2. The second kappa shape index (κ2) is 6.19. The van der Waals surface area contributed by atoms with Gasteiger partial charge < -0.3 is 22.5 Å². The lowest BCUT2D eigenvalue weighted by atomic mass is 10.0. The predicted molar refractivity (Wildman–Crippen MR) is 58.0 cm³/mol. The molecule has 0 spiro atoms. The molecule has 7 heteroatoms. The first-order valence-corrected chi connectivity index (χ1v) is 4.88. The van der Waals surface area contributed by atoms with Crippen LogP contribution in [0, 0.1) is 5.92 Å². The number of carbonyl (C=O) groups excluding carboxylic acids is 3.